The van der Waals surface area contributed by atoms with E-state index in [9.17, 15) is 5.26 Å². The number of aryl methyl sites for hydroxylation is 1. The molecule has 0 bridgehead atoms. The van der Waals surface area contributed by atoms with Gasteiger partial charge in [-0.3, -0.25) is 4.68 Å². The first-order chi connectivity index (χ1) is 18.7. The zero-order valence-corrected chi connectivity index (χ0v) is 20.2. The highest BCUT2D eigenvalue weighted by atomic mass is 16.5. The van der Waals surface area contributed by atoms with Crippen molar-refractivity contribution < 1.29 is 13.6 Å². The monoisotopic (exact) mass is 486 g/mol. The molecule has 9 nitrogen and oxygen atoms in total. The van der Waals surface area contributed by atoms with Gasteiger partial charge in [0.25, 0.3) is 5.88 Å². The zero-order valence-electron chi connectivity index (χ0n) is 23.2. The first-order valence-electron chi connectivity index (χ1n) is 13.7. The van der Waals surface area contributed by atoms with Crippen molar-refractivity contribution in [3.8, 4) is 11.9 Å². The lowest BCUT2D eigenvalue weighted by Crippen LogP contribution is -2.33. The summed E-state index contributed by atoms with van der Waals surface area (Å²) in [5.74, 6) is 0.854. The smallest absolute Gasteiger partial charge is 0.257 e. The van der Waals surface area contributed by atoms with E-state index in [1.165, 1.54) is 17.3 Å². The molecular weight excluding hydrogens is 454 g/mol. The van der Waals surface area contributed by atoms with E-state index in [4.69, 9.17) is 18.6 Å². The van der Waals surface area contributed by atoms with Gasteiger partial charge < -0.3 is 19.4 Å². The third-order valence-corrected chi connectivity index (χ3v) is 7.25. The van der Waals surface area contributed by atoms with Crippen molar-refractivity contribution in [1.82, 2.24) is 24.3 Å². The number of nitrogens with zero attached hydrogens (tertiary/aromatic N) is 6. The number of hydrogen-bond acceptors (Lipinski definition) is 7. The molecule has 2 aliphatic rings. The molecule has 1 aromatic carbocycles. The lowest BCUT2D eigenvalue weighted by molar-refractivity contribution is 0.128. The molecule has 3 aromatic heterocycles. The first kappa shape index (κ1) is 19.3. The van der Waals surface area contributed by atoms with Gasteiger partial charge in [0.05, 0.1) is 25.5 Å². The second kappa shape index (κ2) is 8.95. The van der Waals surface area contributed by atoms with Crippen molar-refractivity contribution in [2.75, 3.05) is 18.5 Å². The summed E-state index contributed by atoms with van der Waals surface area (Å²) in [6, 6.07) is 12.3. The van der Waals surface area contributed by atoms with Crippen molar-refractivity contribution in [3.63, 3.8) is 0 Å². The number of hydrogen-bond donors (Lipinski definition) is 1. The van der Waals surface area contributed by atoms with Gasteiger partial charge in [0, 0.05) is 35.0 Å². The number of rotatable bonds is 5. The maximum absolute atomic E-state index is 9.77. The quantitative estimate of drug-likeness (QED) is 0.452. The molecule has 9 heteroatoms. The molecule has 6 rings (SSSR count). The average Bonchev–Trinajstić information content (AvgIpc) is 3.60. The maximum atomic E-state index is 9.77. The lowest BCUT2D eigenvalue weighted by atomic mass is 9.83. The van der Waals surface area contributed by atoms with Gasteiger partial charge in [-0.2, -0.15) is 10.2 Å². The molecule has 0 unspecified atom stereocenters. The Morgan fingerprint density at radius 2 is 2.03 bits per heavy atom. The summed E-state index contributed by atoms with van der Waals surface area (Å²) in [4.78, 5) is 9.15. The Morgan fingerprint density at radius 3 is 2.78 bits per heavy atom. The molecule has 0 radical (unpaired) electrons. The van der Waals surface area contributed by atoms with Crippen LogP contribution in [0.4, 0.5) is 11.6 Å². The van der Waals surface area contributed by atoms with Crippen LogP contribution in [0.1, 0.15) is 40.8 Å². The normalized spacial score (nSPS) is 25.0. The molecule has 4 atom stereocenters. The number of benzene rings is 1. The summed E-state index contributed by atoms with van der Waals surface area (Å²) in [5, 5.41) is 17.9. The van der Waals surface area contributed by atoms with Crippen molar-refractivity contribution in [1.29, 1.82) is 5.26 Å². The summed E-state index contributed by atoms with van der Waals surface area (Å²) in [7, 11) is 0. The van der Waals surface area contributed by atoms with Gasteiger partial charge in [0.1, 0.15) is 29.2 Å². The Kier molecular flexibility index (Phi) is 4.80. The highest BCUT2D eigenvalue weighted by Gasteiger charge is 2.30. The van der Waals surface area contributed by atoms with Crippen LogP contribution in [0.25, 0.3) is 11.0 Å². The molecule has 0 spiro atoms. The average molecular weight is 487 g/mol. The van der Waals surface area contributed by atoms with Crippen LogP contribution in [0.5, 0.6) is 5.88 Å². The Morgan fingerprint density at radius 1 is 1.19 bits per heavy atom. The fourth-order valence-corrected chi connectivity index (χ4v) is 5.27. The molecule has 1 saturated heterocycles. The van der Waals surface area contributed by atoms with E-state index >= 15 is 0 Å². The van der Waals surface area contributed by atoms with E-state index in [-0.39, 0.29) is 35.8 Å². The second-order valence-electron chi connectivity index (χ2n) is 9.79. The fraction of sp³-hybridized carbons (Fsp3) is 0.407. The van der Waals surface area contributed by atoms with Crippen molar-refractivity contribution in [3.05, 3.63) is 59.5 Å². The summed E-state index contributed by atoms with van der Waals surface area (Å²) < 4.78 is 38.4. The second-order valence-corrected chi connectivity index (χ2v) is 9.79. The topological polar surface area (TPSA) is 103 Å². The Hall–Kier alpha value is -3.90. The molecule has 1 aliphatic carbocycles. The maximum Gasteiger partial charge on any atom is 0.257 e. The van der Waals surface area contributed by atoms with Gasteiger partial charge in [-0.05, 0) is 29.5 Å². The minimum absolute atomic E-state index is 0.0206. The van der Waals surface area contributed by atoms with Gasteiger partial charge >= 0.3 is 0 Å². The molecule has 4 aromatic rings. The van der Waals surface area contributed by atoms with Gasteiger partial charge in [-0.15, -0.1) is 5.10 Å². The minimum Gasteiger partial charge on any atom is -0.471 e. The van der Waals surface area contributed by atoms with Crippen LogP contribution in [0.3, 0.4) is 0 Å². The molecule has 36 heavy (non-hydrogen) atoms. The number of fused-ring (bicyclic) bond motifs is 2. The van der Waals surface area contributed by atoms with Crippen LogP contribution >= 0.6 is 0 Å². The summed E-state index contributed by atoms with van der Waals surface area (Å²) in [6.45, 7) is 2.84. The van der Waals surface area contributed by atoms with Crippen LogP contribution in [0.2, 0.25) is 0 Å². The highest BCUT2D eigenvalue weighted by molar-refractivity contribution is 5.79. The Labute approximate surface area is 213 Å². The van der Waals surface area contributed by atoms with Gasteiger partial charge in [0.2, 0.25) is 5.95 Å². The van der Waals surface area contributed by atoms with E-state index in [1.807, 2.05) is 16.7 Å². The zero-order chi connectivity index (χ0) is 27.3. The third-order valence-electron chi connectivity index (χ3n) is 7.25. The van der Waals surface area contributed by atoms with Gasteiger partial charge in [-0.1, -0.05) is 38.1 Å². The molecule has 184 valence electrons. The molecular formula is C27H29N7O2. The van der Waals surface area contributed by atoms with E-state index in [0.29, 0.717) is 36.7 Å². The molecule has 0 saturated carbocycles. The molecule has 1 fully saturated rings. The van der Waals surface area contributed by atoms with Gasteiger partial charge in [-0.25, -0.2) is 4.98 Å². The number of anilines is 2. The summed E-state index contributed by atoms with van der Waals surface area (Å²) >= 11 is 0. The summed E-state index contributed by atoms with van der Waals surface area (Å²) in [6.07, 6.45) is 4.43. The van der Waals surface area contributed by atoms with Gasteiger partial charge in [0.15, 0.2) is 0 Å². The van der Waals surface area contributed by atoms with Crippen LogP contribution in [0.15, 0.2) is 42.7 Å². The van der Waals surface area contributed by atoms with Crippen molar-refractivity contribution >= 4 is 22.7 Å². The molecule has 1 N–H and O–H groups in total. The standard InChI is InChI=1S/C27H29N7O2/c1-16-8-18-6-4-5-7-19(18)10-24(16)36-26-22(13-33(3)32-26)30-27-29-12-20-9-21(11-28)34(25(20)31-27)23-15-35-14-17(23)2/h4-7,9,12-13,16-17,23-24H,8,10,14-15H2,1-3H3,(H,29,30,31)/t16-,17+,23+,24+/m1/s1/i3D3. The van der Waals surface area contributed by atoms with Crippen LogP contribution in [0, 0.1) is 23.2 Å². The number of ether oxygens (including phenoxy) is 2. The van der Waals surface area contributed by atoms with Crippen LogP contribution in [-0.4, -0.2) is 43.6 Å². The highest BCUT2D eigenvalue weighted by Crippen LogP contribution is 2.34. The van der Waals surface area contributed by atoms with E-state index in [2.05, 4.69) is 47.4 Å². The Balaban J connectivity index is 1.34. The molecule has 1 aliphatic heterocycles. The van der Waals surface area contributed by atoms with E-state index in [0.717, 1.165) is 16.5 Å². The predicted octanol–water partition coefficient (Wildman–Crippen LogP) is 4.17. The van der Waals surface area contributed by atoms with E-state index < -0.39 is 6.98 Å². The molecule has 4 heterocycles. The third kappa shape index (κ3) is 3.97. The molecule has 0 amide bonds. The number of nitriles is 1. The van der Waals surface area contributed by atoms with Crippen LogP contribution < -0.4 is 10.1 Å². The largest absolute Gasteiger partial charge is 0.471 e. The summed E-state index contributed by atoms with van der Waals surface area (Å²) in [5.41, 5.74) is 3.98. The predicted molar refractivity (Wildman–Crippen MR) is 135 cm³/mol. The van der Waals surface area contributed by atoms with E-state index in [1.54, 1.807) is 12.3 Å². The minimum atomic E-state index is -2.48. The first-order valence-corrected chi connectivity index (χ1v) is 12.2. The lowest BCUT2D eigenvalue weighted by Gasteiger charge is -2.30. The van der Waals surface area contributed by atoms with Crippen molar-refractivity contribution in [2.45, 2.75) is 38.8 Å². The Bertz CT molecular complexity index is 1570. The van der Waals surface area contributed by atoms with Crippen molar-refractivity contribution in [2.24, 2.45) is 18.8 Å². The fourth-order valence-electron chi connectivity index (χ4n) is 5.27. The van der Waals surface area contributed by atoms with Crippen LogP contribution in [-0.2, 0) is 24.6 Å². The number of nitrogens with one attached hydrogen (secondary N) is 1. The number of aromatic nitrogens is 5. The SMILES string of the molecule is [2H]C([2H])([2H])n1cc(Nc2ncc3cc(C#N)n([C@H]4COC[C@@H]4C)c3n2)c(O[C@H]2Cc3ccccc3C[C@H]2C)n1.